The van der Waals surface area contributed by atoms with Gasteiger partial charge in [0.2, 0.25) is 0 Å². The maximum absolute atomic E-state index is 6.22. The van der Waals surface area contributed by atoms with E-state index in [0.29, 0.717) is 6.10 Å². The molecule has 0 saturated carbocycles. The molecule has 4 heteroatoms. The Labute approximate surface area is 101 Å². The van der Waals surface area contributed by atoms with Crippen molar-refractivity contribution in [2.24, 2.45) is 0 Å². The van der Waals surface area contributed by atoms with Crippen LogP contribution < -0.4 is 0 Å². The maximum atomic E-state index is 6.22. The van der Waals surface area contributed by atoms with Crippen LogP contribution in [0.4, 0.5) is 0 Å². The minimum absolute atomic E-state index is 0.365. The van der Waals surface area contributed by atoms with Gasteiger partial charge in [0.05, 0.1) is 0 Å². The van der Waals surface area contributed by atoms with E-state index in [9.17, 15) is 0 Å². The molecule has 0 aliphatic heterocycles. The summed E-state index contributed by atoms with van der Waals surface area (Å²) in [4.78, 5) is 0. The standard InChI is InChI=1S/C11H26O2SSi/c1-5-11(9-8-10-14)13-15(6-2,7-3)12-4/h11,14H,5-10H2,1-4H3. The van der Waals surface area contributed by atoms with Crippen LogP contribution in [-0.4, -0.2) is 27.5 Å². The van der Waals surface area contributed by atoms with Crippen LogP contribution in [0.25, 0.3) is 0 Å². The zero-order valence-electron chi connectivity index (χ0n) is 10.6. The average Bonchev–Trinajstić information content (AvgIpc) is 2.30. The summed E-state index contributed by atoms with van der Waals surface area (Å²) in [6.45, 7) is 6.53. The molecule has 0 amide bonds. The van der Waals surface area contributed by atoms with Gasteiger partial charge in [-0.1, -0.05) is 20.8 Å². The molecule has 0 aromatic heterocycles. The molecule has 0 heterocycles. The normalized spacial score (nSPS) is 14.2. The quantitative estimate of drug-likeness (QED) is 0.498. The van der Waals surface area contributed by atoms with Crippen LogP contribution in [0.1, 0.15) is 40.0 Å². The first-order chi connectivity index (χ1) is 7.17. The Morgan fingerprint density at radius 2 is 1.80 bits per heavy atom. The first kappa shape index (κ1) is 15.5. The van der Waals surface area contributed by atoms with E-state index in [0.717, 1.165) is 37.1 Å². The van der Waals surface area contributed by atoms with E-state index in [1.54, 1.807) is 7.11 Å². The maximum Gasteiger partial charge on any atom is 0.337 e. The highest BCUT2D eigenvalue weighted by Crippen LogP contribution is 2.22. The number of rotatable bonds is 9. The molecule has 1 atom stereocenters. The average molecular weight is 250 g/mol. The molecule has 0 N–H and O–H groups in total. The van der Waals surface area contributed by atoms with Crippen molar-refractivity contribution in [1.29, 1.82) is 0 Å². The fourth-order valence-corrected chi connectivity index (χ4v) is 4.30. The van der Waals surface area contributed by atoms with Gasteiger partial charge in [-0.05, 0) is 37.1 Å². The summed E-state index contributed by atoms with van der Waals surface area (Å²) in [5.74, 6) is 0.944. The molecule has 0 rings (SSSR count). The topological polar surface area (TPSA) is 18.5 Å². The summed E-state index contributed by atoms with van der Waals surface area (Å²) < 4.78 is 11.9. The molecule has 2 nitrogen and oxygen atoms in total. The Hall–Kier alpha value is 0.487. The SMILES string of the molecule is CCC(CCCS)O[Si](CC)(CC)OC. The first-order valence-corrected chi connectivity index (χ1v) is 8.88. The summed E-state index contributed by atoms with van der Waals surface area (Å²) in [5.41, 5.74) is 0. The van der Waals surface area contributed by atoms with Crippen molar-refractivity contribution in [1.82, 2.24) is 0 Å². The first-order valence-electron chi connectivity index (χ1n) is 6.01. The van der Waals surface area contributed by atoms with Crippen molar-refractivity contribution >= 4 is 21.2 Å². The van der Waals surface area contributed by atoms with Gasteiger partial charge in [0, 0.05) is 13.2 Å². The van der Waals surface area contributed by atoms with Crippen molar-refractivity contribution in [3.05, 3.63) is 0 Å². The van der Waals surface area contributed by atoms with Gasteiger partial charge in [-0.15, -0.1) is 0 Å². The minimum Gasteiger partial charge on any atom is -0.398 e. The van der Waals surface area contributed by atoms with E-state index in [-0.39, 0.29) is 0 Å². The Balaban J connectivity index is 4.21. The summed E-state index contributed by atoms with van der Waals surface area (Å²) >= 11 is 4.24. The van der Waals surface area contributed by atoms with E-state index in [4.69, 9.17) is 8.85 Å². The van der Waals surface area contributed by atoms with Crippen LogP contribution in [0.3, 0.4) is 0 Å². The van der Waals surface area contributed by atoms with Gasteiger partial charge < -0.3 is 8.85 Å². The van der Waals surface area contributed by atoms with Crippen LogP contribution in [-0.2, 0) is 8.85 Å². The molecule has 0 aromatic rings. The largest absolute Gasteiger partial charge is 0.398 e. The Morgan fingerprint density at radius 1 is 1.20 bits per heavy atom. The van der Waals surface area contributed by atoms with Gasteiger partial charge in [0.25, 0.3) is 0 Å². The molecular weight excluding hydrogens is 224 g/mol. The molecule has 0 saturated heterocycles. The molecule has 0 fully saturated rings. The zero-order chi connectivity index (χ0) is 11.7. The second kappa shape index (κ2) is 8.62. The molecular formula is C11H26O2SSi. The summed E-state index contributed by atoms with van der Waals surface area (Å²) in [6, 6.07) is 2.08. The fraction of sp³-hybridized carbons (Fsp3) is 1.00. The second-order valence-electron chi connectivity index (χ2n) is 3.84. The van der Waals surface area contributed by atoms with Crippen LogP contribution >= 0.6 is 12.6 Å². The summed E-state index contributed by atoms with van der Waals surface area (Å²) in [6.07, 6.45) is 3.68. The smallest absolute Gasteiger partial charge is 0.337 e. The van der Waals surface area contributed by atoms with E-state index in [2.05, 4.69) is 33.4 Å². The van der Waals surface area contributed by atoms with Gasteiger partial charge in [-0.3, -0.25) is 0 Å². The molecule has 1 unspecified atom stereocenters. The van der Waals surface area contributed by atoms with Gasteiger partial charge >= 0.3 is 8.56 Å². The fourth-order valence-electron chi connectivity index (χ4n) is 1.72. The Kier molecular flexibility index (Phi) is 8.90. The lowest BCUT2D eigenvalue weighted by Gasteiger charge is -2.31. The van der Waals surface area contributed by atoms with Crippen LogP contribution in [0, 0.1) is 0 Å². The molecule has 0 radical (unpaired) electrons. The van der Waals surface area contributed by atoms with Gasteiger partial charge in [-0.25, -0.2) is 0 Å². The number of thiol groups is 1. The van der Waals surface area contributed by atoms with E-state index >= 15 is 0 Å². The predicted octanol–water partition coefficient (Wildman–Crippen LogP) is 3.62. The molecule has 0 aromatic carbocycles. The second-order valence-corrected chi connectivity index (χ2v) is 8.16. The molecule has 15 heavy (non-hydrogen) atoms. The van der Waals surface area contributed by atoms with Crippen LogP contribution in [0.5, 0.6) is 0 Å². The number of hydrogen-bond donors (Lipinski definition) is 1. The summed E-state index contributed by atoms with van der Waals surface area (Å²) in [7, 11) is -0.0802. The number of hydrogen-bond acceptors (Lipinski definition) is 3. The Morgan fingerprint density at radius 3 is 2.13 bits per heavy atom. The molecule has 0 spiro atoms. The van der Waals surface area contributed by atoms with E-state index in [1.165, 1.54) is 0 Å². The molecule has 92 valence electrons. The molecule has 0 aliphatic rings. The third-order valence-corrected chi connectivity index (χ3v) is 6.95. The van der Waals surface area contributed by atoms with Crippen molar-refractivity contribution in [3.8, 4) is 0 Å². The third-order valence-electron chi connectivity index (χ3n) is 2.97. The van der Waals surface area contributed by atoms with Gasteiger partial charge in [0.1, 0.15) is 0 Å². The lowest BCUT2D eigenvalue weighted by Crippen LogP contribution is -2.43. The van der Waals surface area contributed by atoms with Crippen LogP contribution in [0.2, 0.25) is 12.1 Å². The highest BCUT2D eigenvalue weighted by molar-refractivity contribution is 7.80. The third kappa shape index (κ3) is 5.38. The van der Waals surface area contributed by atoms with Crippen LogP contribution in [0.15, 0.2) is 0 Å². The predicted molar refractivity (Wildman–Crippen MR) is 72.0 cm³/mol. The van der Waals surface area contributed by atoms with Crippen molar-refractivity contribution in [3.63, 3.8) is 0 Å². The van der Waals surface area contributed by atoms with Crippen molar-refractivity contribution in [2.75, 3.05) is 12.9 Å². The van der Waals surface area contributed by atoms with Gasteiger partial charge in [0.15, 0.2) is 0 Å². The van der Waals surface area contributed by atoms with Crippen molar-refractivity contribution < 1.29 is 8.85 Å². The lowest BCUT2D eigenvalue weighted by molar-refractivity contribution is 0.119. The lowest BCUT2D eigenvalue weighted by atomic mass is 10.2. The summed E-state index contributed by atoms with van der Waals surface area (Å²) in [5, 5.41) is 0. The van der Waals surface area contributed by atoms with E-state index < -0.39 is 8.56 Å². The van der Waals surface area contributed by atoms with Gasteiger partial charge in [-0.2, -0.15) is 12.6 Å². The highest BCUT2D eigenvalue weighted by atomic mass is 32.1. The zero-order valence-corrected chi connectivity index (χ0v) is 12.5. The minimum atomic E-state index is -1.88. The Bertz CT molecular complexity index is 143. The monoisotopic (exact) mass is 250 g/mol. The molecule has 0 bridgehead atoms. The molecule has 0 aliphatic carbocycles. The highest BCUT2D eigenvalue weighted by Gasteiger charge is 2.34. The van der Waals surface area contributed by atoms with E-state index in [1.807, 2.05) is 0 Å². The van der Waals surface area contributed by atoms with Crippen molar-refractivity contribution in [2.45, 2.75) is 58.2 Å².